The molecule has 1 aromatic rings. The number of benzene rings is 1. The van der Waals surface area contributed by atoms with Crippen LogP contribution < -0.4 is 14.8 Å². The summed E-state index contributed by atoms with van der Waals surface area (Å²) >= 11 is 1.98. The molecule has 0 unspecified atom stereocenters. The first-order chi connectivity index (χ1) is 8.90. The van der Waals surface area contributed by atoms with Gasteiger partial charge in [-0.05, 0) is 41.6 Å². The number of carboxylic acid groups (broad SMARTS) is 1. The molecular weight excluding hydrogens is 365 g/mol. The third-order valence-electron chi connectivity index (χ3n) is 2.44. The number of ether oxygens (including phenoxy) is 2. The molecule has 0 fully saturated rings. The Morgan fingerprint density at radius 2 is 1.79 bits per heavy atom. The van der Waals surface area contributed by atoms with Crippen molar-refractivity contribution in [2.75, 3.05) is 14.2 Å². The van der Waals surface area contributed by atoms with Crippen molar-refractivity contribution in [2.45, 2.75) is 13.0 Å². The van der Waals surface area contributed by atoms with Crippen molar-refractivity contribution in [1.82, 2.24) is 5.32 Å². The first-order valence-electron chi connectivity index (χ1n) is 5.35. The molecule has 0 spiro atoms. The number of nitrogens with one attached hydrogen (secondary N) is 1. The smallest absolute Gasteiger partial charge is 0.325 e. The van der Waals surface area contributed by atoms with Gasteiger partial charge in [0.05, 0.1) is 19.8 Å². The Bertz CT molecular complexity index is 503. The van der Waals surface area contributed by atoms with Gasteiger partial charge in [0.25, 0.3) is 5.91 Å². The fraction of sp³-hybridized carbons (Fsp3) is 0.333. The summed E-state index contributed by atoms with van der Waals surface area (Å²) in [5.41, 5.74) is 0.339. The molecular formula is C12H14INO5. The van der Waals surface area contributed by atoms with Gasteiger partial charge < -0.3 is 19.9 Å². The van der Waals surface area contributed by atoms with Gasteiger partial charge in [-0.1, -0.05) is 0 Å². The number of halogens is 1. The second-order valence-corrected chi connectivity index (χ2v) is 4.88. The molecule has 0 bridgehead atoms. The monoisotopic (exact) mass is 379 g/mol. The minimum atomic E-state index is -1.09. The van der Waals surface area contributed by atoms with Crippen LogP contribution in [0.4, 0.5) is 0 Å². The van der Waals surface area contributed by atoms with Crippen LogP contribution in [0.15, 0.2) is 12.1 Å². The molecule has 1 amide bonds. The number of hydrogen-bond acceptors (Lipinski definition) is 4. The number of rotatable bonds is 5. The number of carbonyl (C=O) groups is 2. The summed E-state index contributed by atoms with van der Waals surface area (Å²) in [6.45, 7) is 1.40. The number of aliphatic carboxylic acids is 1. The Morgan fingerprint density at radius 1 is 1.26 bits per heavy atom. The fourth-order valence-electron chi connectivity index (χ4n) is 1.36. The van der Waals surface area contributed by atoms with E-state index in [2.05, 4.69) is 5.32 Å². The average molecular weight is 379 g/mol. The number of carboxylic acids is 1. The second kappa shape index (κ2) is 6.60. The van der Waals surface area contributed by atoms with Gasteiger partial charge in [-0.25, -0.2) is 0 Å². The van der Waals surface area contributed by atoms with E-state index in [1.54, 1.807) is 6.07 Å². The lowest BCUT2D eigenvalue weighted by molar-refractivity contribution is -0.138. The van der Waals surface area contributed by atoms with Gasteiger partial charge in [-0.15, -0.1) is 0 Å². The van der Waals surface area contributed by atoms with Crippen LogP contribution in [-0.2, 0) is 4.79 Å². The van der Waals surface area contributed by atoms with E-state index in [0.717, 1.165) is 0 Å². The normalized spacial score (nSPS) is 11.6. The van der Waals surface area contributed by atoms with Crippen LogP contribution in [-0.4, -0.2) is 37.2 Å². The molecule has 1 aromatic carbocycles. The van der Waals surface area contributed by atoms with Gasteiger partial charge in [0, 0.05) is 3.57 Å². The highest BCUT2D eigenvalue weighted by molar-refractivity contribution is 14.1. The van der Waals surface area contributed by atoms with E-state index < -0.39 is 17.9 Å². The summed E-state index contributed by atoms with van der Waals surface area (Å²) in [4.78, 5) is 22.7. The summed E-state index contributed by atoms with van der Waals surface area (Å²) < 4.78 is 10.9. The molecule has 0 saturated carbocycles. The maximum Gasteiger partial charge on any atom is 0.325 e. The van der Waals surface area contributed by atoms with E-state index in [9.17, 15) is 9.59 Å². The van der Waals surface area contributed by atoms with Crippen LogP contribution in [0.5, 0.6) is 11.5 Å². The van der Waals surface area contributed by atoms with E-state index in [4.69, 9.17) is 14.6 Å². The van der Waals surface area contributed by atoms with E-state index in [0.29, 0.717) is 20.6 Å². The van der Waals surface area contributed by atoms with Crippen molar-refractivity contribution in [3.8, 4) is 11.5 Å². The number of methoxy groups -OCH3 is 2. The third-order valence-corrected chi connectivity index (χ3v) is 3.33. The lowest BCUT2D eigenvalue weighted by Crippen LogP contribution is -2.38. The summed E-state index contributed by atoms with van der Waals surface area (Å²) in [5, 5.41) is 11.2. The van der Waals surface area contributed by atoms with Gasteiger partial charge in [0.15, 0.2) is 11.5 Å². The van der Waals surface area contributed by atoms with Crippen molar-refractivity contribution in [2.24, 2.45) is 0 Å². The van der Waals surface area contributed by atoms with Crippen LogP contribution in [0.1, 0.15) is 17.3 Å². The Balaban J connectivity index is 3.06. The molecule has 104 valence electrons. The molecule has 0 aliphatic rings. The molecule has 7 heteroatoms. The van der Waals surface area contributed by atoms with E-state index >= 15 is 0 Å². The lowest BCUT2D eigenvalue weighted by atomic mass is 10.1. The lowest BCUT2D eigenvalue weighted by Gasteiger charge is -2.13. The Morgan fingerprint density at radius 3 is 2.26 bits per heavy atom. The van der Waals surface area contributed by atoms with Gasteiger partial charge in [0.2, 0.25) is 0 Å². The number of amides is 1. The van der Waals surface area contributed by atoms with Gasteiger partial charge >= 0.3 is 5.97 Å². The SMILES string of the molecule is COc1cc(I)c(C(=O)N[C@H](C)C(=O)O)cc1OC. The molecule has 0 saturated heterocycles. The van der Waals surface area contributed by atoms with Crippen LogP contribution in [0.25, 0.3) is 0 Å². The van der Waals surface area contributed by atoms with Crippen LogP contribution in [0.3, 0.4) is 0 Å². The van der Waals surface area contributed by atoms with Crippen molar-refractivity contribution in [1.29, 1.82) is 0 Å². The molecule has 0 aliphatic heterocycles. The molecule has 1 atom stereocenters. The van der Waals surface area contributed by atoms with Crippen LogP contribution in [0, 0.1) is 3.57 Å². The van der Waals surface area contributed by atoms with E-state index in [-0.39, 0.29) is 0 Å². The zero-order chi connectivity index (χ0) is 14.6. The summed E-state index contributed by atoms with van der Waals surface area (Å²) in [6, 6.07) is 2.21. The highest BCUT2D eigenvalue weighted by Gasteiger charge is 2.19. The van der Waals surface area contributed by atoms with Gasteiger partial charge in [-0.3, -0.25) is 9.59 Å². The van der Waals surface area contributed by atoms with Crippen molar-refractivity contribution < 1.29 is 24.2 Å². The molecule has 1 rings (SSSR count). The minimum Gasteiger partial charge on any atom is -0.493 e. The Kier molecular flexibility index (Phi) is 5.40. The van der Waals surface area contributed by atoms with Crippen molar-refractivity contribution >= 4 is 34.5 Å². The molecule has 0 heterocycles. The summed E-state index contributed by atoms with van der Waals surface area (Å²) in [5.74, 6) is -0.644. The molecule has 6 nitrogen and oxygen atoms in total. The van der Waals surface area contributed by atoms with E-state index in [1.165, 1.54) is 27.2 Å². The predicted octanol–water partition coefficient (Wildman–Crippen LogP) is 1.51. The maximum atomic E-state index is 12.0. The number of carbonyl (C=O) groups excluding carboxylic acids is 1. The zero-order valence-corrected chi connectivity index (χ0v) is 12.8. The molecule has 0 aromatic heterocycles. The molecule has 0 radical (unpaired) electrons. The topological polar surface area (TPSA) is 84.9 Å². The highest BCUT2D eigenvalue weighted by Crippen LogP contribution is 2.31. The Hall–Kier alpha value is -1.51. The van der Waals surface area contributed by atoms with Crippen molar-refractivity contribution in [3.63, 3.8) is 0 Å². The first-order valence-corrected chi connectivity index (χ1v) is 6.43. The average Bonchev–Trinajstić information content (AvgIpc) is 2.37. The van der Waals surface area contributed by atoms with Crippen LogP contribution >= 0.6 is 22.6 Å². The predicted molar refractivity (Wildman–Crippen MR) is 76.8 cm³/mol. The largest absolute Gasteiger partial charge is 0.493 e. The maximum absolute atomic E-state index is 12.0. The summed E-state index contributed by atoms with van der Waals surface area (Å²) in [7, 11) is 2.96. The van der Waals surface area contributed by atoms with Crippen LogP contribution in [0.2, 0.25) is 0 Å². The third kappa shape index (κ3) is 3.72. The number of hydrogen-bond donors (Lipinski definition) is 2. The highest BCUT2D eigenvalue weighted by atomic mass is 127. The first kappa shape index (κ1) is 15.5. The molecule has 2 N–H and O–H groups in total. The van der Waals surface area contributed by atoms with Gasteiger partial charge in [0.1, 0.15) is 6.04 Å². The minimum absolute atomic E-state index is 0.339. The molecule has 0 aliphatic carbocycles. The van der Waals surface area contributed by atoms with E-state index in [1.807, 2.05) is 22.6 Å². The Labute approximate surface area is 124 Å². The summed E-state index contributed by atoms with van der Waals surface area (Å²) in [6.07, 6.45) is 0. The second-order valence-electron chi connectivity index (χ2n) is 3.72. The van der Waals surface area contributed by atoms with Crippen molar-refractivity contribution in [3.05, 3.63) is 21.3 Å². The quantitative estimate of drug-likeness (QED) is 0.758. The standard InChI is InChI=1S/C12H14INO5/c1-6(12(16)17)14-11(15)7-4-9(18-2)10(19-3)5-8(7)13/h4-6H,1-3H3,(H,14,15)(H,16,17)/t6-/m1/s1. The molecule has 19 heavy (non-hydrogen) atoms. The van der Waals surface area contributed by atoms with Gasteiger partial charge in [-0.2, -0.15) is 0 Å². The fourth-order valence-corrected chi connectivity index (χ4v) is 2.05. The zero-order valence-electron chi connectivity index (χ0n) is 10.7.